The summed E-state index contributed by atoms with van der Waals surface area (Å²) in [6, 6.07) is 6.87. The van der Waals surface area contributed by atoms with Crippen molar-refractivity contribution in [2.24, 2.45) is 5.92 Å². The first-order valence-electron chi connectivity index (χ1n) is 6.08. The lowest BCUT2D eigenvalue weighted by molar-refractivity contribution is -0.143. The number of methoxy groups -OCH3 is 1. The van der Waals surface area contributed by atoms with Crippen molar-refractivity contribution < 1.29 is 28.6 Å². The molecule has 2 rings (SSSR count). The summed E-state index contributed by atoms with van der Waals surface area (Å²) in [6.07, 6.45) is 0.271. The molecule has 1 aliphatic heterocycles. The normalized spacial score (nSPS) is 17.8. The van der Waals surface area contributed by atoms with Gasteiger partial charge in [-0.15, -0.1) is 0 Å². The molecule has 6 nitrogen and oxygen atoms in total. The summed E-state index contributed by atoms with van der Waals surface area (Å²) in [6.45, 7) is -0.341. The van der Waals surface area contributed by atoms with Crippen LogP contribution in [0.1, 0.15) is 5.56 Å². The molecule has 0 saturated carbocycles. The number of esters is 2. The SMILES string of the molecule is COC(=O)COc1cccc(CC2C(=O)COC2=O)c1. The molecule has 0 aliphatic carbocycles. The van der Waals surface area contributed by atoms with Gasteiger partial charge >= 0.3 is 11.9 Å². The van der Waals surface area contributed by atoms with Gasteiger partial charge in [-0.2, -0.15) is 0 Å². The number of rotatable bonds is 5. The molecule has 1 aromatic carbocycles. The molecule has 1 saturated heterocycles. The molecule has 0 radical (unpaired) electrons. The van der Waals surface area contributed by atoms with Crippen molar-refractivity contribution >= 4 is 17.7 Å². The van der Waals surface area contributed by atoms with Gasteiger partial charge in [-0.05, 0) is 24.1 Å². The van der Waals surface area contributed by atoms with Crippen LogP contribution < -0.4 is 4.74 Å². The van der Waals surface area contributed by atoms with Crippen LogP contribution in [-0.4, -0.2) is 38.0 Å². The Morgan fingerprint density at radius 3 is 2.85 bits per heavy atom. The number of carbonyl (C=O) groups is 3. The van der Waals surface area contributed by atoms with Gasteiger partial charge in [-0.1, -0.05) is 12.1 Å². The second-order valence-corrected chi connectivity index (χ2v) is 4.34. The molecular weight excluding hydrogens is 264 g/mol. The third-order valence-corrected chi connectivity index (χ3v) is 2.95. The van der Waals surface area contributed by atoms with Gasteiger partial charge in [0, 0.05) is 0 Å². The van der Waals surface area contributed by atoms with Crippen molar-refractivity contribution in [2.45, 2.75) is 6.42 Å². The summed E-state index contributed by atoms with van der Waals surface area (Å²) in [5.74, 6) is -1.45. The molecule has 0 amide bonds. The quantitative estimate of drug-likeness (QED) is 0.577. The Hall–Kier alpha value is -2.37. The van der Waals surface area contributed by atoms with E-state index in [2.05, 4.69) is 4.74 Å². The third kappa shape index (κ3) is 3.34. The van der Waals surface area contributed by atoms with Crippen molar-refractivity contribution in [2.75, 3.05) is 20.3 Å². The molecule has 6 heteroatoms. The van der Waals surface area contributed by atoms with E-state index in [-0.39, 0.29) is 25.4 Å². The minimum absolute atomic E-state index is 0.151. The highest BCUT2D eigenvalue weighted by Gasteiger charge is 2.35. The Balaban J connectivity index is 2.00. The first kappa shape index (κ1) is 14.0. The number of hydrogen-bond donors (Lipinski definition) is 0. The van der Waals surface area contributed by atoms with Gasteiger partial charge in [-0.3, -0.25) is 9.59 Å². The molecule has 0 bridgehead atoms. The lowest BCUT2D eigenvalue weighted by Gasteiger charge is -2.08. The molecule has 1 unspecified atom stereocenters. The van der Waals surface area contributed by atoms with Gasteiger partial charge in [-0.25, -0.2) is 4.79 Å². The Kier molecular flexibility index (Phi) is 4.34. The zero-order valence-electron chi connectivity index (χ0n) is 11.0. The van der Waals surface area contributed by atoms with Gasteiger partial charge in [0.25, 0.3) is 0 Å². The molecule has 0 spiro atoms. The van der Waals surface area contributed by atoms with Crippen molar-refractivity contribution in [1.82, 2.24) is 0 Å². The highest BCUT2D eigenvalue weighted by atomic mass is 16.6. The van der Waals surface area contributed by atoms with Crippen LogP contribution >= 0.6 is 0 Å². The summed E-state index contributed by atoms with van der Waals surface area (Å²) in [4.78, 5) is 33.9. The first-order chi connectivity index (χ1) is 9.60. The van der Waals surface area contributed by atoms with Gasteiger partial charge in [0.1, 0.15) is 11.7 Å². The predicted octanol–water partition coefficient (Wildman–Crippen LogP) is 0.523. The molecule has 0 N–H and O–H groups in total. The topological polar surface area (TPSA) is 78.9 Å². The Bertz CT molecular complexity index is 520. The number of benzene rings is 1. The van der Waals surface area contributed by atoms with Crippen molar-refractivity contribution in [1.29, 1.82) is 0 Å². The van der Waals surface area contributed by atoms with E-state index in [1.807, 2.05) is 0 Å². The molecule has 1 fully saturated rings. The number of hydrogen-bond acceptors (Lipinski definition) is 6. The lowest BCUT2D eigenvalue weighted by Crippen LogP contribution is -2.18. The minimum atomic E-state index is -0.745. The lowest BCUT2D eigenvalue weighted by atomic mass is 9.97. The van der Waals surface area contributed by atoms with Crippen molar-refractivity contribution in [3.63, 3.8) is 0 Å². The van der Waals surface area contributed by atoms with Gasteiger partial charge in [0.2, 0.25) is 0 Å². The maximum Gasteiger partial charge on any atom is 0.343 e. The van der Waals surface area contributed by atoms with E-state index in [4.69, 9.17) is 9.47 Å². The minimum Gasteiger partial charge on any atom is -0.482 e. The molecule has 20 heavy (non-hydrogen) atoms. The van der Waals surface area contributed by atoms with Crippen LogP contribution in [-0.2, 0) is 30.3 Å². The predicted molar refractivity (Wildman–Crippen MR) is 67.1 cm³/mol. The highest BCUT2D eigenvalue weighted by Crippen LogP contribution is 2.20. The van der Waals surface area contributed by atoms with Crippen LogP contribution in [0.15, 0.2) is 24.3 Å². The van der Waals surface area contributed by atoms with Gasteiger partial charge in [0.15, 0.2) is 19.0 Å². The second kappa shape index (κ2) is 6.18. The summed E-state index contributed by atoms with van der Waals surface area (Å²) in [5, 5.41) is 0. The highest BCUT2D eigenvalue weighted by molar-refractivity contribution is 6.04. The zero-order chi connectivity index (χ0) is 14.5. The Morgan fingerprint density at radius 2 is 2.20 bits per heavy atom. The fraction of sp³-hybridized carbons (Fsp3) is 0.357. The number of Topliss-reactive ketones (excluding diaryl/α,β-unsaturated/α-hetero) is 1. The average Bonchev–Trinajstić information content (AvgIpc) is 2.77. The molecule has 0 aromatic heterocycles. The van der Waals surface area contributed by atoms with Crippen LogP contribution in [0.2, 0.25) is 0 Å². The van der Waals surface area contributed by atoms with Crippen LogP contribution in [0.4, 0.5) is 0 Å². The summed E-state index contributed by atoms with van der Waals surface area (Å²) < 4.78 is 14.4. The van der Waals surface area contributed by atoms with Gasteiger partial charge in [0.05, 0.1) is 7.11 Å². The molecule has 1 aliphatic rings. The zero-order valence-corrected chi connectivity index (χ0v) is 11.0. The molecule has 106 valence electrons. The van der Waals surface area contributed by atoms with E-state index in [9.17, 15) is 14.4 Å². The average molecular weight is 278 g/mol. The van der Waals surface area contributed by atoms with Crippen LogP contribution in [0.25, 0.3) is 0 Å². The second-order valence-electron chi connectivity index (χ2n) is 4.34. The number of ether oxygens (including phenoxy) is 3. The van der Waals surface area contributed by atoms with Crippen molar-refractivity contribution in [3.05, 3.63) is 29.8 Å². The maximum atomic E-state index is 11.5. The van der Waals surface area contributed by atoms with Crippen molar-refractivity contribution in [3.8, 4) is 5.75 Å². The number of carbonyl (C=O) groups excluding carboxylic acids is 3. The molecule has 1 aromatic rings. The van der Waals surface area contributed by atoms with Crippen LogP contribution in [0.3, 0.4) is 0 Å². The molecular formula is C14H14O6. The van der Waals surface area contributed by atoms with E-state index in [0.29, 0.717) is 5.75 Å². The smallest absolute Gasteiger partial charge is 0.343 e. The van der Waals surface area contributed by atoms with E-state index < -0.39 is 17.9 Å². The summed E-state index contributed by atoms with van der Waals surface area (Å²) in [5.41, 5.74) is 0.768. The monoisotopic (exact) mass is 278 g/mol. The maximum absolute atomic E-state index is 11.5. The molecule has 1 atom stereocenters. The van der Waals surface area contributed by atoms with Crippen LogP contribution in [0.5, 0.6) is 5.75 Å². The number of cyclic esters (lactones) is 1. The third-order valence-electron chi connectivity index (χ3n) is 2.95. The largest absolute Gasteiger partial charge is 0.482 e. The van der Waals surface area contributed by atoms with Crippen LogP contribution in [0, 0.1) is 5.92 Å². The fourth-order valence-electron chi connectivity index (χ4n) is 1.87. The fourth-order valence-corrected chi connectivity index (χ4v) is 1.87. The molecule has 1 heterocycles. The Morgan fingerprint density at radius 1 is 1.40 bits per heavy atom. The van der Waals surface area contributed by atoms with E-state index in [1.54, 1.807) is 24.3 Å². The Labute approximate surface area is 115 Å². The standard InChI is InChI=1S/C14H14O6/c1-18-13(16)8-19-10-4-2-3-9(5-10)6-11-12(15)7-20-14(11)17/h2-5,11H,6-8H2,1H3. The summed E-state index contributed by atoms with van der Waals surface area (Å²) >= 11 is 0. The summed E-state index contributed by atoms with van der Waals surface area (Å²) in [7, 11) is 1.28. The number of ketones is 1. The van der Waals surface area contributed by atoms with E-state index in [0.717, 1.165) is 5.56 Å². The first-order valence-corrected chi connectivity index (χ1v) is 6.08. The van der Waals surface area contributed by atoms with E-state index in [1.165, 1.54) is 7.11 Å². The van der Waals surface area contributed by atoms with E-state index >= 15 is 0 Å². The van der Waals surface area contributed by atoms with Gasteiger partial charge < -0.3 is 14.2 Å².